The number of aromatic nitrogens is 1. The maximum absolute atomic E-state index is 12.2. The highest BCUT2D eigenvalue weighted by Gasteiger charge is 2.15. The van der Waals surface area contributed by atoms with Crippen LogP contribution in [0.4, 0.5) is 5.69 Å². The van der Waals surface area contributed by atoms with E-state index in [0.29, 0.717) is 5.56 Å². The summed E-state index contributed by atoms with van der Waals surface area (Å²) in [5.74, 6) is -0.881. The van der Waals surface area contributed by atoms with Crippen molar-refractivity contribution in [1.82, 2.24) is 4.98 Å². The van der Waals surface area contributed by atoms with Gasteiger partial charge in [-0.15, -0.1) is 0 Å². The first-order valence-electron chi connectivity index (χ1n) is 8.06. The minimum atomic E-state index is -0.523. The Labute approximate surface area is 146 Å². The molecule has 3 rings (SSSR count). The van der Waals surface area contributed by atoms with Gasteiger partial charge in [0.05, 0.1) is 5.56 Å². The summed E-state index contributed by atoms with van der Waals surface area (Å²) in [4.78, 5) is 27.4. The van der Waals surface area contributed by atoms with E-state index in [1.807, 2.05) is 57.2 Å². The number of benzene rings is 2. The second kappa shape index (κ2) is 6.81. The lowest BCUT2D eigenvalue weighted by Gasteiger charge is -2.13. The number of ether oxygens (including phenoxy) is 1. The Kier molecular flexibility index (Phi) is 4.57. The van der Waals surface area contributed by atoms with Crippen molar-refractivity contribution in [2.24, 2.45) is 0 Å². The van der Waals surface area contributed by atoms with Crippen LogP contribution in [0.15, 0.2) is 42.6 Å². The number of para-hydroxylation sites is 1. The van der Waals surface area contributed by atoms with E-state index in [0.717, 1.165) is 33.3 Å². The fourth-order valence-electron chi connectivity index (χ4n) is 3.00. The molecule has 0 aliphatic rings. The number of hydrogen-bond acceptors (Lipinski definition) is 3. The summed E-state index contributed by atoms with van der Waals surface area (Å²) < 4.78 is 5.16. The van der Waals surface area contributed by atoms with E-state index in [9.17, 15) is 9.59 Å². The first-order valence-corrected chi connectivity index (χ1v) is 8.06. The van der Waals surface area contributed by atoms with Gasteiger partial charge in [-0.2, -0.15) is 0 Å². The number of rotatable bonds is 4. The number of fused-ring (bicyclic) bond motifs is 1. The molecule has 2 aromatic carbocycles. The molecule has 0 spiro atoms. The van der Waals surface area contributed by atoms with Gasteiger partial charge < -0.3 is 15.0 Å². The minimum Gasteiger partial charge on any atom is -0.452 e. The maximum Gasteiger partial charge on any atom is 0.340 e. The van der Waals surface area contributed by atoms with Gasteiger partial charge in [-0.25, -0.2) is 4.79 Å². The van der Waals surface area contributed by atoms with Gasteiger partial charge in [0.15, 0.2) is 6.61 Å². The van der Waals surface area contributed by atoms with Crippen LogP contribution in [-0.4, -0.2) is 23.5 Å². The Morgan fingerprint density at radius 2 is 1.76 bits per heavy atom. The first kappa shape index (κ1) is 16.8. The average Bonchev–Trinajstić information content (AvgIpc) is 3.00. The van der Waals surface area contributed by atoms with Crippen molar-refractivity contribution in [2.75, 3.05) is 11.9 Å². The van der Waals surface area contributed by atoms with Crippen LogP contribution in [-0.2, 0) is 9.53 Å². The molecule has 0 aliphatic heterocycles. The van der Waals surface area contributed by atoms with Crippen molar-refractivity contribution >= 4 is 28.5 Å². The number of carbonyl (C=O) groups is 2. The summed E-state index contributed by atoms with van der Waals surface area (Å²) in [6.45, 7) is 5.56. The molecule has 1 heterocycles. The summed E-state index contributed by atoms with van der Waals surface area (Å²) >= 11 is 0. The van der Waals surface area contributed by atoms with Gasteiger partial charge in [-0.05, 0) is 38.0 Å². The van der Waals surface area contributed by atoms with Gasteiger partial charge in [0.25, 0.3) is 5.91 Å². The Morgan fingerprint density at radius 3 is 2.48 bits per heavy atom. The van der Waals surface area contributed by atoms with Crippen molar-refractivity contribution in [3.63, 3.8) is 0 Å². The highest BCUT2D eigenvalue weighted by atomic mass is 16.5. The van der Waals surface area contributed by atoms with Gasteiger partial charge in [0, 0.05) is 22.8 Å². The monoisotopic (exact) mass is 336 g/mol. The molecular formula is C20H20N2O3. The van der Waals surface area contributed by atoms with Crippen molar-refractivity contribution < 1.29 is 14.3 Å². The number of nitrogens with one attached hydrogen (secondary N) is 2. The summed E-state index contributed by atoms with van der Waals surface area (Å²) in [6.07, 6.45) is 1.60. The van der Waals surface area contributed by atoms with Crippen molar-refractivity contribution in [3.05, 3.63) is 64.8 Å². The Hall–Kier alpha value is -3.08. The van der Waals surface area contributed by atoms with Crippen molar-refractivity contribution in [2.45, 2.75) is 20.8 Å². The topological polar surface area (TPSA) is 71.2 Å². The van der Waals surface area contributed by atoms with Crippen LogP contribution in [0.25, 0.3) is 10.9 Å². The fourth-order valence-corrected chi connectivity index (χ4v) is 3.00. The molecule has 0 unspecified atom stereocenters. The van der Waals surface area contributed by atoms with Gasteiger partial charge in [0.1, 0.15) is 0 Å². The number of H-pyrrole nitrogens is 1. The Morgan fingerprint density at radius 1 is 1.08 bits per heavy atom. The molecule has 0 fully saturated rings. The summed E-state index contributed by atoms with van der Waals surface area (Å²) in [6, 6.07) is 11.4. The lowest BCUT2D eigenvalue weighted by atomic mass is 10.1. The molecule has 0 radical (unpaired) electrons. The molecule has 25 heavy (non-hydrogen) atoms. The molecular weight excluding hydrogens is 316 g/mol. The molecule has 3 aromatic rings. The van der Waals surface area contributed by atoms with E-state index in [4.69, 9.17) is 4.74 Å². The third kappa shape index (κ3) is 3.55. The van der Waals surface area contributed by atoms with Gasteiger partial charge in [-0.1, -0.05) is 35.9 Å². The molecule has 0 bridgehead atoms. The second-order valence-electron chi connectivity index (χ2n) is 6.15. The second-order valence-corrected chi connectivity index (χ2v) is 6.15. The normalized spacial score (nSPS) is 10.7. The zero-order chi connectivity index (χ0) is 18.0. The van der Waals surface area contributed by atoms with E-state index in [2.05, 4.69) is 10.3 Å². The molecule has 0 saturated carbocycles. The summed E-state index contributed by atoms with van der Waals surface area (Å²) in [5, 5.41) is 3.60. The van der Waals surface area contributed by atoms with Crippen LogP contribution in [0, 0.1) is 20.8 Å². The van der Waals surface area contributed by atoms with Crippen molar-refractivity contribution in [1.29, 1.82) is 0 Å². The lowest BCUT2D eigenvalue weighted by molar-refractivity contribution is -0.119. The number of aryl methyl sites for hydroxylation is 3. The van der Waals surface area contributed by atoms with Crippen LogP contribution < -0.4 is 5.32 Å². The average molecular weight is 336 g/mol. The quantitative estimate of drug-likeness (QED) is 0.710. The number of carbonyl (C=O) groups excluding carboxylic acids is 2. The van der Waals surface area contributed by atoms with Crippen LogP contribution in [0.5, 0.6) is 0 Å². The van der Waals surface area contributed by atoms with E-state index in [1.165, 1.54) is 0 Å². The fraction of sp³-hybridized carbons (Fsp3) is 0.200. The minimum absolute atomic E-state index is 0.328. The molecule has 0 aliphatic carbocycles. The molecule has 5 heteroatoms. The molecule has 1 amide bonds. The van der Waals surface area contributed by atoms with Crippen LogP contribution in [0.2, 0.25) is 0 Å². The summed E-state index contributed by atoms with van der Waals surface area (Å²) in [7, 11) is 0. The Bertz CT molecular complexity index is 933. The molecule has 5 nitrogen and oxygen atoms in total. The zero-order valence-electron chi connectivity index (χ0n) is 14.5. The number of anilines is 1. The van der Waals surface area contributed by atoms with Crippen LogP contribution in [0.1, 0.15) is 27.0 Å². The van der Waals surface area contributed by atoms with Crippen LogP contribution in [0.3, 0.4) is 0 Å². The lowest BCUT2D eigenvalue weighted by Crippen LogP contribution is -2.21. The smallest absolute Gasteiger partial charge is 0.340 e. The van der Waals surface area contributed by atoms with Gasteiger partial charge >= 0.3 is 5.97 Å². The van der Waals surface area contributed by atoms with Gasteiger partial charge in [-0.3, -0.25) is 4.79 Å². The van der Waals surface area contributed by atoms with Crippen LogP contribution >= 0.6 is 0 Å². The predicted octanol–water partition coefficient (Wildman–Crippen LogP) is 3.89. The number of esters is 1. The number of amides is 1. The van der Waals surface area contributed by atoms with E-state index in [-0.39, 0.29) is 12.5 Å². The van der Waals surface area contributed by atoms with Crippen molar-refractivity contribution in [3.8, 4) is 0 Å². The molecule has 0 atom stereocenters. The van der Waals surface area contributed by atoms with E-state index in [1.54, 1.807) is 6.20 Å². The number of hydrogen-bond donors (Lipinski definition) is 2. The largest absolute Gasteiger partial charge is 0.452 e. The third-order valence-electron chi connectivity index (χ3n) is 4.08. The van der Waals surface area contributed by atoms with Gasteiger partial charge in [0.2, 0.25) is 0 Å². The standard InChI is InChI=1S/C20H20N2O3/c1-12-8-13(2)19(14(3)9-12)22-18(23)11-25-20(24)16-10-21-17-7-5-4-6-15(16)17/h4-10,21H,11H2,1-3H3,(H,22,23). The van der Waals surface area contributed by atoms with E-state index < -0.39 is 5.97 Å². The zero-order valence-corrected chi connectivity index (χ0v) is 14.5. The highest BCUT2D eigenvalue weighted by Crippen LogP contribution is 2.22. The SMILES string of the molecule is Cc1cc(C)c(NC(=O)COC(=O)c2c[nH]c3ccccc23)c(C)c1. The highest BCUT2D eigenvalue weighted by molar-refractivity contribution is 6.05. The molecule has 1 aromatic heterocycles. The maximum atomic E-state index is 12.2. The molecule has 2 N–H and O–H groups in total. The number of aromatic amines is 1. The first-order chi connectivity index (χ1) is 12.0. The molecule has 128 valence electrons. The van der Waals surface area contributed by atoms with E-state index >= 15 is 0 Å². The third-order valence-corrected chi connectivity index (χ3v) is 4.08. The predicted molar refractivity (Wildman–Crippen MR) is 97.9 cm³/mol. The summed E-state index contributed by atoms with van der Waals surface area (Å²) in [5.41, 5.74) is 5.14. The molecule has 0 saturated heterocycles. The Balaban J connectivity index is 1.66.